The van der Waals surface area contributed by atoms with Gasteiger partial charge in [-0.25, -0.2) is 5.43 Å². The van der Waals surface area contributed by atoms with E-state index in [9.17, 15) is 14.9 Å². The summed E-state index contributed by atoms with van der Waals surface area (Å²) in [5.41, 5.74) is 3.18. The van der Waals surface area contributed by atoms with Crippen LogP contribution in [0, 0.1) is 24.0 Å². The summed E-state index contributed by atoms with van der Waals surface area (Å²) in [7, 11) is 0. The van der Waals surface area contributed by atoms with Crippen molar-refractivity contribution in [1.82, 2.24) is 5.43 Å². The highest BCUT2D eigenvalue weighted by molar-refractivity contribution is 9.10. The van der Waals surface area contributed by atoms with E-state index in [0.717, 1.165) is 0 Å². The van der Waals surface area contributed by atoms with Crippen LogP contribution >= 0.6 is 15.9 Å². The van der Waals surface area contributed by atoms with Gasteiger partial charge in [0.25, 0.3) is 11.6 Å². The number of nitro groups is 1. The summed E-state index contributed by atoms with van der Waals surface area (Å²) in [4.78, 5) is 22.2. The number of rotatable bonds is 4. The van der Waals surface area contributed by atoms with Gasteiger partial charge < -0.3 is 4.42 Å². The average Bonchev–Trinajstić information content (AvgIpc) is 2.79. The second kappa shape index (κ2) is 6.52. The molecule has 2 rings (SSSR count). The number of amides is 1. The normalized spacial score (nSPS) is 10.9. The second-order valence-electron chi connectivity index (χ2n) is 4.49. The van der Waals surface area contributed by atoms with E-state index >= 15 is 0 Å². The Morgan fingerprint density at radius 3 is 2.73 bits per heavy atom. The van der Waals surface area contributed by atoms with Gasteiger partial charge in [-0.1, -0.05) is 6.07 Å². The lowest BCUT2D eigenvalue weighted by Gasteiger charge is -1.99. The van der Waals surface area contributed by atoms with Crippen molar-refractivity contribution in [1.29, 1.82) is 0 Å². The van der Waals surface area contributed by atoms with Crippen molar-refractivity contribution in [2.45, 2.75) is 13.8 Å². The quantitative estimate of drug-likeness (QED) is 0.510. The van der Waals surface area contributed by atoms with Gasteiger partial charge in [0.1, 0.15) is 11.5 Å². The molecule has 0 bridgehead atoms. The summed E-state index contributed by atoms with van der Waals surface area (Å²) in [5.74, 6) is 0.733. The zero-order valence-electron chi connectivity index (χ0n) is 11.8. The summed E-state index contributed by atoms with van der Waals surface area (Å²) in [5, 5.41) is 14.6. The molecule has 2 aromatic rings. The van der Waals surface area contributed by atoms with Gasteiger partial charge in [0.2, 0.25) is 0 Å². The van der Waals surface area contributed by atoms with E-state index in [1.165, 1.54) is 12.3 Å². The SMILES string of the molecule is Cc1cc(C(=O)N/N=C\c2ccc(Br)c([N+](=O)[O-])c2)c(C)o1. The number of nitrogens with one attached hydrogen (secondary N) is 1. The van der Waals surface area contributed by atoms with Crippen LogP contribution in [-0.4, -0.2) is 17.0 Å². The van der Waals surface area contributed by atoms with E-state index in [1.807, 2.05) is 0 Å². The summed E-state index contributed by atoms with van der Waals surface area (Å²) in [6.45, 7) is 3.43. The minimum atomic E-state index is -0.502. The third kappa shape index (κ3) is 3.59. The molecule has 1 amide bonds. The number of aryl methyl sites for hydroxylation is 2. The summed E-state index contributed by atoms with van der Waals surface area (Å²) < 4.78 is 5.64. The predicted octanol–water partition coefficient (Wildman–Crippen LogP) is 3.33. The average molecular weight is 366 g/mol. The lowest BCUT2D eigenvalue weighted by molar-refractivity contribution is -0.385. The minimum absolute atomic E-state index is 0.0726. The van der Waals surface area contributed by atoms with E-state index in [-0.39, 0.29) is 5.69 Å². The fourth-order valence-corrected chi connectivity index (χ4v) is 2.22. The number of hydrogen-bond acceptors (Lipinski definition) is 5. The molecular weight excluding hydrogens is 354 g/mol. The Bertz CT molecular complexity index is 767. The molecule has 0 aliphatic heterocycles. The van der Waals surface area contributed by atoms with Crippen LogP contribution in [0.1, 0.15) is 27.4 Å². The molecule has 0 fully saturated rings. The maximum absolute atomic E-state index is 11.9. The van der Waals surface area contributed by atoms with Crippen molar-refractivity contribution in [2.75, 3.05) is 0 Å². The fourth-order valence-electron chi connectivity index (χ4n) is 1.83. The van der Waals surface area contributed by atoms with Crippen LogP contribution in [0.3, 0.4) is 0 Å². The summed E-state index contributed by atoms with van der Waals surface area (Å²) in [6.07, 6.45) is 1.33. The van der Waals surface area contributed by atoms with Gasteiger partial charge in [-0.2, -0.15) is 5.10 Å². The first kappa shape index (κ1) is 15.9. The molecule has 0 radical (unpaired) electrons. The predicted molar refractivity (Wildman–Crippen MR) is 84.0 cm³/mol. The number of benzene rings is 1. The first-order valence-electron chi connectivity index (χ1n) is 6.23. The third-order valence-corrected chi connectivity index (χ3v) is 3.50. The van der Waals surface area contributed by atoms with Crippen molar-refractivity contribution < 1.29 is 14.1 Å². The molecule has 22 heavy (non-hydrogen) atoms. The maximum Gasteiger partial charge on any atom is 0.284 e. The third-order valence-electron chi connectivity index (χ3n) is 2.83. The van der Waals surface area contributed by atoms with Crippen LogP contribution in [0.15, 0.2) is 38.3 Å². The Hall–Kier alpha value is -2.48. The smallest absolute Gasteiger partial charge is 0.284 e. The largest absolute Gasteiger partial charge is 0.466 e. The highest BCUT2D eigenvalue weighted by Crippen LogP contribution is 2.24. The first-order valence-corrected chi connectivity index (χ1v) is 7.02. The summed E-state index contributed by atoms with van der Waals surface area (Å²) in [6, 6.07) is 6.16. The molecule has 0 saturated heterocycles. The van der Waals surface area contributed by atoms with Crippen LogP contribution in [0.25, 0.3) is 0 Å². The molecule has 1 heterocycles. The van der Waals surface area contributed by atoms with Gasteiger partial charge in [-0.3, -0.25) is 14.9 Å². The van der Waals surface area contributed by atoms with Crippen LogP contribution < -0.4 is 5.43 Å². The number of carbonyl (C=O) groups is 1. The van der Waals surface area contributed by atoms with E-state index in [0.29, 0.717) is 27.1 Å². The standard InChI is InChI=1S/C14H12BrN3O4/c1-8-5-11(9(2)22-8)14(19)17-16-7-10-3-4-12(15)13(6-10)18(20)21/h3-7H,1-2H3,(H,17,19)/b16-7-. The van der Waals surface area contributed by atoms with Gasteiger partial charge in [0.15, 0.2) is 0 Å². The summed E-state index contributed by atoms with van der Waals surface area (Å²) >= 11 is 3.10. The molecule has 1 aromatic carbocycles. The van der Waals surface area contributed by atoms with Crippen LogP contribution in [0.2, 0.25) is 0 Å². The van der Waals surface area contributed by atoms with E-state index in [1.54, 1.807) is 32.0 Å². The molecular formula is C14H12BrN3O4. The Balaban J connectivity index is 2.10. The van der Waals surface area contributed by atoms with Gasteiger partial charge in [0, 0.05) is 11.6 Å². The van der Waals surface area contributed by atoms with Gasteiger partial charge in [-0.15, -0.1) is 0 Å². The molecule has 0 saturated carbocycles. The number of carbonyl (C=O) groups excluding carboxylic acids is 1. The number of furan rings is 1. The van der Waals surface area contributed by atoms with Crippen LogP contribution in [0.4, 0.5) is 5.69 Å². The molecule has 0 atom stereocenters. The molecule has 7 nitrogen and oxygen atoms in total. The molecule has 1 aromatic heterocycles. The molecule has 114 valence electrons. The van der Waals surface area contributed by atoms with Crippen molar-refractivity contribution in [3.8, 4) is 0 Å². The molecule has 1 N–H and O–H groups in total. The van der Waals surface area contributed by atoms with Crippen molar-refractivity contribution in [3.63, 3.8) is 0 Å². The highest BCUT2D eigenvalue weighted by atomic mass is 79.9. The second-order valence-corrected chi connectivity index (χ2v) is 5.35. The lowest BCUT2D eigenvalue weighted by Crippen LogP contribution is -2.17. The molecule has 8 heteroatoms. The minimum Gasteiger partial charge on any atom is -0.466 e. The Morgan fingerprint density at radius 1 is 1.41 bits per heavy atom. The highest BCUT2D eigenvalue weighted by Gasteiger charge is 2.13. The van der Waals surface area contributed by atoms with Crippen LogP contribution in [-0.2, 0) is 0 Å². The monoisotopic (exact) mass is 365 g/mol. The first-order chi connectivity index (χ1) is 10.4. The number of nitro benzene ring substituents is 1. The molecule has 0 aliphatic carbocycles. The van der Waals surface area contributed by atoms with Crippen molar-refractivity contribution >= 4 is 33.7 Å². The fraction of sp³-hybridized carbons (Fsp3) is 0.143. The zero-order valence-corrected chi connectivity index (χ0v) is 13.4. The number of nitrogens with zero attached hydrogens (tertiary/aromatic N) is 2. The maximum atomic E-state index is 11.9. The Kier molecular flexibility index (Phi) is 4.71. The Labute approximate surface area is 134 Å². The van der Waals surface area contributed by atoms with E-state index < -0.39 is 10.8 Å². The lowest BCUT2D eigenvalue weighted by atomic mass is 10.2. The Morgan fingerprint density at radius 2 is 2.14 bits per heavy atom. The topological polar surface area (TPSA) is 97.7 Å². The van der Waals surface area contributed by atoms with E-state index in [2.05, 4.69) is 26.5 Å². The van der Waals surface area contributed by atoms with Crippen molar-refractivity contribution in [2.24, 2.45) is 5.10 Å². The van der Waals surface area contributed by atoms with Crippen LogP contribution in [0.5, 0.6) is 0 Å². The van der Waals surface area contributed by atoms with Gasteiger partial charge in [0.05, 0.1) is 21.2 Å². The number of hydrogen-bond donors (Lipinski definition) is 1. The zero-order chi connectivity index (χ0) is 16.3. The molecule has 0 unspecified atom stereocenters. The number of halogens is 1. The number of hydrazone groups is 1. The molecule has 0 spiro atoms. The van der Waals surface area contributed by atoms with Gasteiger partial charge >= 0.3 is 0 Å². The van der Waals surface area contributed by atoms with Gasteiger partial charge in [-0.05, 0) is 41.9 Å². The van der Waals surface area contributed by atoms with Crippen molar-refractivity contribution in [3.05, 3.63) is 61.5 Å². The van der Waals surface area contributed by atoms with E-state index in [4.69, 9.17) is 4.42 Å². The molecule has 0 aliphatic rings.